The summed E-state index contributed by atoms with van der Waals surface area (Å²) in [7, 11) is 1.70. The molecule has 1 unspecified atom stereocenters. The number of carbonyl (C=O) groups is 2. The lowest BCUT2D eigenvalue weighted by molar-refractivity contribution is -0.128. The first-order valence-corrected chi connectivity index (χ1v) is 9.28. The molecule has 0 bridgehead atoms. The number of anilines is 2. The molecule has 1 N–H and O–H groups in total. The predicted octanol–water partition coefficient (Wildman–Crippen LogP) is 3.34. The standard InChI is InChI=1S/C20H18N4O2S/c1-20(19(26)23(2)16-6-3-4-7-17(16)27-20)18(25)22-14-8-10-15(11-9-14)24-13-5-12-21-24/h3-13H,1-2H3,(H,22,25). The van der Waals surface area contributed by atoms with Crippen LogP contribution in [0.1, 0.15) is 6.92 Å². The zero-order valence-electron chi connectivity index (χ0n) is 14.9. The molecule has 27 heavy (non-hydrogen) atoms. The Hall–Kier alpha value is -3.06. The zero-order chi connectivity index (χ0) is 19.0. The molecule has 0 radical (unpaired) electrons. The molecule has 1 aliphatic heterocycles. The Kier molecular flexibility index (Phi) is 4.24. The number of hydrogen-bond acceptors (Lipinski definition) is 4. The third-order valence-electron chi connectivity index (χ3n) is 4.58. The number of para-hydroxylation sites is 1. The maximum absolute atomic E-state index is 13.0. The second-order valence-electron chi connectivity index (χ2n) is 6.42. The molecule has 6 nitrogen and oxygen atoms in total. The van der Waals surface area contributed by atoms with Crippen molar-refractivity contribution in [1.82, 2.24) is 9.78 Å². The molecule has 1 atom stereocenters. The van der Waals surface area contributed by atoms with Crippen molar-refractivity contribution < 1.29 is 9.59 Å². The van der Waals surface area contributed by atoms with E-state index < -0.39 is 4.75 Å². The SMILES string of the molecule is CN1C(=O)C(C)(C(=O)Nc2ccc(-n3cccn3)cc2)Sc2ccccc21. The zero-order valence-corrected chi connectivity index (χ0v) is 15.7. The first-order valence-electron chi connectivity index (χ1n) is 8.47. The molecular weight excluding hydrogens is 360 g/mol. The van der Waals surface area contributed by atoms with Gasteiger partial charge >= 0.3 is 0 Å². The Bertz CT molecular complexity index is 1000. The number of fused-ring (bicyclic) bond motifs is 1. The number of carbonyl (C=O) groups excluding carboxylic acids is 2. The van der Waals surface area contributed by atoms with Crippen molar-refractivity contribution in [2.75, 3.05) is 17.3 Å². The van der Waals surface area contributed by atoms with Crippen LogP contribution in [0.25, 0.3) is 5.69 Å². The molecule has 1 aliphatic rings. The van der Waals surface area contributed by atoms with Gasteiger partial charge in [0.05, 0.1) is 11.4 Å². The lowest BCUT2D eigenvalue weighted by Gasteiger charge is -2.36. The van der Waals surface area contributed by atoms with Gasteiger partial charge in [-0.15, -0.1) is 0 Å². The van der Waals surface area contributed by atoms with E-state index in [0.717, 1.165) is 16.3 Å². The number of aromatic nitrogens is 2. The molecule has 4 rings (SSSR count). The van der Waals surface area contributed by atoms with Crippen LogP contribution in [-0.2, 0) is 9.59 Å². The van der Waals surface area contributed by atoms with Crippen LogP contribution in [0.5, 0.6) is 0 Å². The van der Waals surface area contributed by atoms with Crippen molar-refractivity contribution in [3.63, 3.8) is 0 Å². The Balaban J connectivity index is 1.56. The van der Waals surface area contributed by atoms with Crippen LogP contribution in [0.15, 0.2) is 71.9 Å². The van der Waals surface area contributed by atoms with Gasteiger partial charge in [0, 0.05) is 30.0 Å². The van der Waals surface area contributed by atoms with Crippen molar-refractivity contribution in [3.05, 3.63) is 67.0 Å². The first-order chi connectivity index (χ1) is 13.0. The number of thioether (sulfide) groups is 1. The monoisotopic (exact) mass is 378 g/mol. The fraction of sp³-hybridized carbons (Fsp3) is 0.150. The molecule has 0 spiro atoms. The number of nitrogens with zero attached hydrogens (tertiary/aromatic N) is 3. The third-order valence-corrected chi connectivity index (χ3v) is 5.91. The minimum absolute atomic E-state index is 0.239. The van der Waals surface area contributed by atoms with Gasteiger partial charge in [0.2, 0.25) is 5.91 Å². The summed E-state index contributed by atoms with van der Waals surface area (Å²) in [6, 6.07) is 16.8. The summed E-state index contributed by atoms with van der Waals surface area (Å²) >= 11 is 1.28. The van der Waals surface area contributed by atoms with E-state index in [-0.39, 0.29) is 11.8 Å². The summed E-state index contributed by atoms with van der Waals surface area (Å²) in [5.41, 5.74) is 2.34. The van der Waals surface area contributed by atoms with Gasteiger partial charge in [-0.2, -0.15) is 5.10 Å². The molecule has 0 saturated carbocycles. The third kappa shape index (κ3) is 3.00. The smallest absolute Gasteiger partial charge is 0.252 e. The lowest BCUT2D eigenvalue weighted by Crippen LogP contribution is -2.53. The molecule has 1 aromatic heterocycles. The van der Waals surface area contributed by atoms with Gasteiger partial charge in [0.25, 0.3) is 5.91 Å². The molecule has 136 valence electrons. The van der Waals surface area contributed by atoms with E-state index in [0.29, 0.717) is 5.69 Å². The summed E-state index contributed by atoms with van der Waals surface area (Å²) in [4.78, 5) is 28.3. The predicted molar refractivity (Wildman–Crippen MR) is 106 cm³/mol. The van der Waals surface area contributed by atoms with Gasteiger partial charge in [-0.1, -0.05) is 23.9 Å². The second kappa shape index (κ2) is 6.59. The summed E-state index contributed by atoms with van der Waals surface area (Å²) < 4.78 is 0.503. The number of benzene rings is 2. The van der Waals surface area contributed by atoms with Crippen molar-refractivity contribution in [3.8, 4) is 5.69 Å². The highest BCUT2D eigenvalue weighted by Crippen LogP contribution is 2.45. The molecule has 0 aliphatic carbocycles. The van der Waals surface area contributed by atoms with Crippen molar-refractivity contribution in [2.45, 2.75) is 16.6 Å². The summed E-state index contributed by atoms with van der Waals surface area (Å²) in [6.45, 7) is 1.67. The highest BCUT2D eigenvalue weighted by molar-refractivity contribution is 8.02. The molecule has 0 fully saturated rings. The van der Waals surface area contributed by atoms with Gasteiger partial charge in [0.15, 0.2) is 4.75 Å². The molecule has 2 heterocycles. The van der Waals surface area contributed by atoms with E-state index in [9.17, 15) is 9.59 Å². The molecular formula is C20H18N4O2S. The Morgan fingerprint density at radius 3 is 2.56 bits per heavy atom. The van der Waals surface area contributed by atoms with E-state index in [4.69, 9.17) is 0 Å². The number of nitrogens with one attached hydrogen (secondary N) is 1. The van der Waals surface area contributed by atoms with Gasteiger partial charge in [-0.05, 0) is 49.4 Å². The normalized spacial score (nSPS) is 18.9. The highest BCUT2D eigenvalue weighted by atomic mass is 32.2. The molecule has 3 aromatic rings. The summed E-state index contributed by atoms with van der Waals surface area (Å²) in [5.74, 6) is -0.581. The average molecular weight is 378 g/mol. The topological polar surface area (TPSA) is 67.2 Å². The van der Waals surface area contributed by atoms with Gasteiger partial charge < -0.3 is 10.2 Å². The molecule has 7 heteroatoms. The van der Waals surface area contributed by atoms with E-state index >= 15 is 0 Å². The largest absolute Gasteiger partial charge is 0.324 e. The summed E-state index contributed by atoms with van der Waals surface area (Å²) in [5, 5.41) is 7.05. The lowest BCUT2D eigenvalue weighted by atomic mass is 10.1. The maximum Gasteiger partial charge on any atom is 0.252 e. The van der Waals surface area contributed by atoms with Crippen LogP contribution in [0.4, 0.5) is 11.4 Å². The fourth-order valence-corrected chi connectivity index (χ4v) is 4.29. The Labute approximate surface area is 161 Å². The van der Waals surface area contributed by atoms with Crippen LogP contribution < -0.4 is 10.2 Å². The van der Waals surface area contributed by atoms with Gasteiger partial charge in [0.1, 0.15) is 0 Å². The molecule has 2 aromatic carbocycles. The highest BCUT2D eigenvalue weighted by Gasteiger charge is 2.48. The molecule has 2 amide bonds. The van der Waals surface area contributed by atoms with Crippen LogP contribution in [0, 0.1) is 0 Å². The first kappa shape index (κ1) is 17.4. The van der Waals surface area contributed by atoms with Crippen LogP contribution in [0.2, 0.25) is 0 Å². The second-order valence-corrected chi connectivity index (χ2v) is 7.88. The van der Waals surface area contributed by atoms with Crippen molar-refractivity contribution in [1.29, 1.82) is 0 Å². The number of rotatable bonds is 3. The van der Waals surface area contributed by atoms with Gasteiger partial charge in [-0.3, -0.25) is 9.59 Å². The quantitative estimate of drug-likeness (QED) is 0.710. The fourth-order valence-electron chi connectivity index (χ4n) is 3.03. The van der Waals surface area contributed by atoms with Crippen molar-refractivity contribution in [2.24, 2.45) is 0 Å². The van der Waals surface area contributed by atoms with Crippen molar-refractivity contribution >= 4 is 35.0 Å². The minimum Gasteiger partial charge on any atom is -0.324 e. The number of hydrogen-bond donors (Lipinski definition) is 1. The van der Waals surface area contributed by atoms with Crippen LogP contribution in [-0.4, -0.2) is 33.4 Å². The van der Waals surface area contributed by atoms with Crippen LogP contribution >= 0.6 is 11.8 Å². The van der Waals surface area contributed by atoms with E-state index in [1.807, 2.05) is 48.7 Å². The summed E-state index contributed by atoms with van der Waals surface area (Å²) in [6.07, 6.45) is 3.55. The minimum atomic E-state index is -1.23. The maximum atomic E-state index is 13.0. The Morgan fingerprint density at radius 2 is 1.85 bits per heavy atom. The molecule has 0 saturated heterocycles. The van der Waals surface area contributed by atoms with Gasteiger partial charge in [-0.25, -0.2) is 4.68 Å². The van der Waals surface area contributed by atoms with E-state index in [1.54, 1.807) is 41.9 Å². The Morgan fingerprint density at radius 1 is 1.11 bits per heavy atom. The number of amides is 2. The van der Waals surface area contributed by atoms with E-state index in [2.05, 4.69) is 10.4 Å². The van der Waals surface area contributed by atoms with Crippen LogP contribution in [0.3, 0.4) is 0 Å². The van der Waals surface area contributed by atoms with E-state index in [1.165, 1.54) is 11.8 Å². The average Bonchev–Trinajstić information content (AvgIpc) is 3.21.